The number of amides is 1. The molecular weight excluding hydrogens is 292 g/mol. The Morgan fingerprint density at radius 3 is 2.52 bits per heavy atom. The summed E-state index contributed by atoms with van der Waals surface area (Å²) in [5, 5.41) is 0. The third kappa shape index (κ3) is 3.95. The lowest BCUT2D eigenvalue weighted by Crippen LogP contribution is -2.28. The van der Waals surface area contributed by atoms with Gasteiger partial charge >= 0.3 is 6.09 Å². The van der Waals surface area contributed by atoms with E-state index in [9.17, 15) is 13.2 Å². The second kappa shape index (κ2) is 6.44. The van der Waals surface area contributed by atoms with E-state index in [4.69, 9.17) is 4.74 Å². The summed E-state index contributed by atoms with van der Waals surface area (Å²) in [5.74, 6) is 0. The van der Waals surface area contributed by atoms with Gasteiger partial charge in [-0.15, -0.1) is 0 Å². The number of sulfonamides is 1. The van der Waals surface area contributed by atoms with E-state index in [0.29, 0.717) is 13.0 Å². The van der Waals surface area contributed by atoms with Crippen molar-refractivity contribution in [3.8, 4) is 0 Å². The molecule has 0 saturated carbocycles. The van der Waals surface area contributed by atoms with Crippen molar-refractivity contribution < 1.29 is 17.9 Å². The standard InChI is InChI=1S/C14H20N2O4S/c1-3-11-4-6-13(7-5-11)21(18,19)15-9-8-12-10-16(2)14(17)20-12/h4-7,12,15H,3,8-10H2,1-2H3. The van der Waals surface area contributed by atoms with Crippen molar-refractivity contribution >= 4 is 16.1 Å². The predicted octanol–water partition coefficient (Wildman–Crippen LogP) is 1.37. The minimum atomic E-state index is -3.51. The zero-order chi connectivity index (χ0) is 15.5. The van der Waals surface area contributed by atoms with Crippen LogP contribution in [0.15, 0.2) is 29.2 Å². The van der Waals surface area contributed by atoms with Gasteiger partial charge < -0.3 is 9.64 Å². The highest BCUT2D eigenvalue weighted by atomic mass is 32.2. The second-order valence-corrected chi connectivity index (χ2v) is 6.84. The number of benzene rings is 1. The number of aryl methyl sites for hydroxylation is 1. The van der Waals surface area contributed by atoms with E-state index in [0.717, 1.165) is 12.0 Å². The molecule has 6 nitrogen and oxygen atoms in total. The van der Waals surface area contributed by atoms with Crippen LogP contribution in [0.3, 0.4) is 0 Å². The summed E-state index contributed by atoms with van der Waals surface area (Å²) in [6, 6.07) is 6.82. The molecule has 1 heterocycles. The molecule has 1 aromatic rings. The van der Waals surface area contributed by atoms with Gasteiger partial charge in [-0.1, -0.05) is 19.1 Å². The molecular formula is C14H20N2O4S. The maximum atomic E-state index is 12.1. The second-order valence-electron chi connectivity index (χ2n) is 5.07. The lowest BCUT2D eigenvalue weighted by Gasteiger charge is -2.10. The van der Waals surface area contributed by atoms with Crippen molar-refractivity contribution in [3.63, 3.8) is 0 Å². The molecule has 116 valence electrons. The van der Waals surface area contributed by atoms with Gasteiger partial charge in [-0.2, -0.15) is 0 Å². The first-order valence-corrected chi connectivity index (χ1v) is 8.41. The zero-order valence-electron chi connectivity index (χ0n) is 12.2. The number of hydrogen-bond donors (Lipinski definition) is 1. The van der Waals surface area contributed by atoms with Crippen LogP contribution in [0.1, 0.15) is 18.9 Å². The summed E-state index contributed by atoms with van der Waals surface area (Å²) in [6.07, 6.45) is 0.710. The van der Waals surface area contributed by atoms with Crippen LogP contribution >= 0.6 is 0 Å². The predicted molar refractivity (Wildman–Crippen MR) is 78.5 cm³/mol. The average molecular weight is 312 g/mol. The highest BCUT2D eigenvalue weighted by Crippen LogP contribution is 2.13. The Bertz CT molecular complexity index is 598. The van der Waals surface area contributed by atoms with E-state index >= 15 is 0 Å². The van der Waals surface area contributed by atoms with Crippen molar-refractivity contribution in [1.29, 1.82) is 0 Å². The smallest absolute Gasteiger partial charge is 0.409 e. The molecule has 21 heavy (non-hydrogen) atoms. The molecule has 0 radical (unpaired) electrons. The number of nitrogens with zero attached hydrogens (tertiary/aromatic N) is 1. The quantitative estimate of drug-likeness (QED) is 0.861. The molecule has 1 saturated heterocycles. The fraction of sp³-hybridized carbons (Fsp3) is 0.500. The van der Waals surface area contributed by atoms with Crippen molar-refractivity contribution in [1.82, 2.24) is 9.62 Å². The number of nitrogens with one attached hydrogen (secondary N) is 1. The molecule has 1 atom stereocenters. The highest BCUT2D eigenvalue weighted by molar-refractivity contribution is 7.89. The van der Waals surface area contributed by atoms with E-state index in [2.05, 4.69) is 4.72 Å². The van der Waals surface area contributed by atoms with Gasteiger partial charge in [-0.05, 0) is 30.5 Å². The fourth-order valence-corrected chi connectivity index (χ4v) is 3.19. The maximum Gasteiger partial charge on any atom is 0.409 e. The largest absolute Gasteiger partial charge is 0.444 e. The van der Waals surface area contributed by atoms with Gasteiger partial charge in [-0.3, -0.25) is 0 Å². The minimum absolute atomic E-state index is 0.240. The first-order chi connectivity index (χ1) is 9.92. The Morgan fingerprint density at radius 2 is 2.00 bits per heavy atom. The van der Waals surface area contributed by atoms with Crippen LogP contribution in [0.2, 0.25) is 0 Å². The molecule has 1 aliphatic heterocycles. The van der Waals surface area contributed by atoms with Gasteiger partial charge in [0.2, 0.25) is 10.0 Å². The molecule has 0 aliphatic carbocycles. The minimum Gasteiger partial charge on any atom is -0.444 e. The van der Waals surface area contributed by atoms with E-state index in [-0.39, 0.29) is 23.6 Å². The van der Waals surface area contributed by atoms with Gasteiger partial charge in [0, 0.05) is 13.6 Å². The van der Waals surface area contributed by atoms with Gasteiger partial charge in [0.1, 0.15) is 6.10 Å². The fourth-order valence-electron chi connectivity index (χ4n) is 2.14. The van der Waals surface area contributed by atoms with Gasteiger partial charge in [0.25, 0.3) is 0 Å². The van der Waals surface area contributed by atoms with Crippen molar-refractivity contribution in [2.45, 2.75) is 30.8 Å². The monoisotopic (exact) mass is 312 g/mol. The Balaban J connectivity index is 1.88. The van der Waals surface area contributed by atoms with Crippen molar-refractivity contribution in [2.75, 3.05) is 20.1 Å². The Hall–Kier alpha value is -1.60. The highest BCUT2D eigenvalue weighted by Gasteiger charge is 2.28. The molecule has 1 N–H and O–H groups in total. The number of ether oxygens (including phenoxy) is 1. The van der Waals surface area contributed by atoms with Crippen LogP contribution in [-0.4, -0.2) is 45.7 Å². The van der Waals surface area contributed by atoms with Crippen LogP contribution in [0.5, 0.6) is 0 Å². The molecule has 0 spiro atoms. The number of likely N-dealkylation sites (N-methyl/N-ethyl adjacent to an activating group) is 1. The van der Waals surface area contributed by atoms with E-state index in [1.807, 2.05) is 19.1 Å². The number of rotatable bonds is 6. The SMILES string of the molecule is CCc1ccc(S(=O)(=O)NCCC2CN(C)C(=O)O2)cc1. The lowest BCUT2D eigenvalue weighted by molar-refractivity contribution is 0.131. The van der Waals surface area contributed by atoms with E-state index < -0.39 is 10.0 Å². The number of carbonyl (C=O) groups excluding carboxylic acids is 1. The maximum absolute atomic E-state index is 12.1. The van der Waals surface area contributed by atoms with Crippen LogP contribution in [-0.2, 0) is 21.2 Å². The van der Waals surface area contributed by atoms with Crippen LogP contribution < -0.4 is 4.72 Å². The van der Waals surface area contributed by atoms with Gasteiger partial charge in [-0.25, -0.2) is 17.9 Å². The van der Waals surface area contributed by atoms with Crippen LogP contribution in [0.4, 0.5) is 4.79 Å². The third-order valence-electron chi connectivity index (χ3n) is 3.46. The Morgan fingerprint density at radius 1 is 1.33 bits per heavy atom. The van der Waals surface area contributed by atoms with Crippen molar-refractivity contribution in [3.05, 3.63) is 29.8 Å². The molecule has 1 aliphatic rings. The summed E-state index contributed by atoms with van der Waals surface area (Å²) in [7, 11) is -1.85. The Kier molecular flexibility index (Phi) is 4.84. The van der Waals surface area contributed by atoms with Crippen molar-refractivity contribution in [2.24, 2.45) is 0 Å². The normalized spacial score (nSPS) is 18.9. The Labute approximate surface area is 125 Å². The third-order valence-corrected chi connectivity index (χ3v) is 4.93. The molecule has 1 aromatic carbocycles. The van der Waals surface area contributed by atoms with Gasteiger partial charge in [0.15, 0.2) is 0 Å². The topological polar surface area (TPSA) is 75.7 Å². The molecule has 0 bridgehead atoms. The number of cyclic esters (lactones) is 1. The average Bonchev–Trinajstić information content (AvgIpc) is 2.77. The molecule has 7 heteroatoms. The first-order valence-electron chi connectivity index (χ1n) is 6.92. The van der Waals surface area contributed by atoms with E-state index in [1.54, 1.807) is 19.2 Å². The molecule has 2 rings (SSSR count). The van der Waals surface area contributed by atoms with Crippen LogP contribution in [0.25, 0.3) is 0 Å². The molecule has 1 unspecified atom stereocenters. The summed E-state index contributed by atoms with van der Waals surface area (Å²) < 4.78 is 31.8. The number of carbonyl (C=O) groups is 1. The number of hydrogen-bond acceptors (Lipinski definition) is 4. The molecule has 1 amide bonds. The lowest BCUT2D eigenvalue weighted by atomic mass is 10.2. The van der Waals surface area contributed by atoms with Crippen LogP contribution in [0, 0.1) is 0 Å². The van der Waals surface area contributed by atoms with E-state index in [1.165, 1.54) is 4.90 Å². The molecule has 0 aromatic heterocycles. The van der Waals surface area contributed by atoms with Gasteiger partial charge in [0.05, 0.1) is 11.4 Å². The summed E-state index contributed by atoms with van der Waals surface area (Å²) in [4.78, 5) is 12.9. The molecule has 1 fully saturated rings. The zero-order valence-corrected chi connectivity index (χ0v) is 13.0. The summed E-state index contributed by atoms with van der Waals surface area (Å²) in [6.45, 7) is 2.75. The summed E-state index contributed by atoms with van der Waals surface area (Å²) >= 11 is 0. The summed E-state index contributed by atoms with van der Waals surface area (Å²) in [5.41, 5.74) is 1.09. The first kappa shape index (κ1) is 15.8.